The zero-order valence-corrected chi connectivity index (χ0v) is 13.6. The van der Waals surface area contributed by atoms with Gasteiger partial charge in [-0.1, -0.05) is 40.7 Å². The van der Waals surface area contributed by atoms with Gasteiger partial charge in [-0.05, 0) is 37.3 Å². The van der Waals surface area contributed by atoms with Crippen molar-refractivity contribution in [3.8, 4) is 11.5 Å². The first-order valence-corrected chi connectivity index (χ1v) is 8.95. The third-order valence-electron chi connectivity index (χ3n) is 3.28. The van der Waals surface area contributed by atoms with E-state index in [1.54, 1.807) is 14.2 Å². The van der Waals surface area contributed by atoms with Gasteiger partial charge in [-0.2, -0.15) is 0 Å². The van der Waals surface area contributed by atoms with Crippen LogP contribution in [0.25, 0.3) is 0 Å². The number of hydrogen-bond donors (Lipinski definition) is 0. The normalized spacial score (nSPS) is 10.8. The molecule has 0 aliphatic rings. The first kappa shape index (κ1) is 16.3. The van der Waals surface area contributed by atoms with E-state index in [2.05, 4.69) is 26.0 Å². The Morgan fingerprint density at radius 3 is 1.74 bits per heavy atom. The van der Waals surface area contributed by atoms with Gasteiger partial charge < -0.3 is 9.47 Å². The highest BCUT2D eigenvalue weighted by molar-refractivity contribution is 7.66. The van der Waals surface area contributed by atoms with Crippen LogP contribution < -0.4 is 14.8 Å². The van der Waals surface area contributed by atoms with E-state index < -0.39 is 0 Å². The minimum atomic E-state index is -0.171. The predicted molar refractivity (Wildman–Crippen MR) is 85.7 cm³/mol. The topological polar surface area (TPSA) is 18.5 Å². The van der Waals surface area contributed by atoms with Crippen molar-refractivity contribution in [2.24, 2.45) is 0 Å². The standard InChI is InChI=1S/C16H27O2P/c1-5-7-12-19(13-8-6-2)16-14(17-3)10-9-11-15(16)18-4/h9-11H,5-8,12-13H2,1-4H3. The third-order valence-corrected chi connectivity index (χ3v) is 6.07. The molecule has 0 aliphatic carbocycles. The number of ether oxygens (including phenoxy) is 2. The molecule has 108 valence electrons. The van der Waals surface area contributed by atoms with Crippen LogP contribution in [0, 0.1) is 0 Å². The van der Waals surface area contributed by atoms with Crippen LogP contribution in [0.5, 0.6) is 11.5 Å². The largest absolute Gasteiger partial charge is 0.496 e. The van der Waals surface area contributed by atoms with Crippen LogP contribution in [0.2, 0.25) is 0 Å². The molecule has 0 unspecified atom stereocenters. The fourth-order valence-corrected chi connectivity index (χ4v) is 5.20. The fraction of sp³-hybridized carbons (Fsp3) is 0.625. The summed E-state index contributed by atoms with van der Waals surface area (Å²) >= 11 is 0. The van der Waals surface area contributed by atoms with Crippen molar-refractivity contribution in [2.75, 3.05) is 26.5 Å². The molecule has 2 nitrogen and oxygen atoms in total. The van der Waals surface area contributed by atoms with E-state index >= 15 is 0 Å². The average Bonchev–Trinajstić information content (AvgIpc) is 2.46. The summed E-state index contributed by atoms with van der Waals surface area (Å²) < 4.78 is 11.1. The van der Waals surface area contributed by atoms with Gasteiger partial charge in [0.05, 0.1) is 19.5 Å². The second-order valence-electron chi connectivity index (χ2n) is 4.71. The molecule has 0 radical (unpaired) electrons. The smallest absolute Gasteiger partial charge is 0.130 e. The summed E-state index contributed by atoms with van der Waals surface area (Å²) in [5.41, 5.74) is 0. The fourth-order valence-electron chi connectivity index (χ4n) is 2.18. The Morgan fingerprint density at radius 1 is 0.895 bits per heavy atom. The van der Waals surface area contributed by atoms with Crippen molar-refractivity contribution in [1.29, 1.82) is 0 Å². The van der Waals surface area contributed by atoms with Gasteiger partial charge in [0, 0.05) is 0 Å². The Hall–Kier alpha value is -0.750. The summed E-state index contributed by atoms with van der Waals surface area (Å²) in [7, 11) is 3.34. The number of unbranched alkanes of at least 4 members (excludes halogenated alkanes) is 2. The first-order valence-electron chi connectivity index (χ1n) is 7.24. The van der Waals surface area contributed by atoms with Gasteiger partial charge >= 0.3 is 0 Å². The van der Waals surface area contributed by atoms with E-state index in [1.807, 2.05) is 6.07 Å². The molecule has 3 heteroatoms. The lowest BCUT2D eigenvalue weighted by atomic mass is 10.3. The monoisotopic (exact) mass is 282 g/mol. The Balaban J connectivity index is 3.03. The summed E-state index contributed by atoms with van der Waals surface area (Å²) in [6.07, 6.45) is 7.64. The number of benzene rings is 1. The van der Waals surface area contributed by atoms with Crippen molar-refractivity contribution in [3.05, 3.63) is 18.2 Å². The highest BCUT2D eigenvalue weighted by Crippen LogP contribution is 2.43. The highest BCUT2D eigenvalue weighted by Gasteiger charge is 2.19. The van der Waals surface area contributed by atoms with E-state index in [0.29, 0.717) is 0 Å². The number of rotatable bonds is 9. The summed E-state index contributed by atoms with van der Waals surface area (Å²) in [5, 5.41) is 1.32. The quantitative estimate of drug-likeness (QED) is 0.625. The lowest BCUT2D eigenvalue weighted by Gasteiger charge is -2.22. The minimum absolute atomic E-state index is 0.171. The van der Waals surface area contributed by atoms with Crippen LogP contribution in [0.4, 0.5) is 0 Å². The van der Waals surface area contributed by atoms with E-state index in [1.165, 1.54) is 43.3 Å². The highest BCUT2D eigenvalue weighted by atomic mass is 31.1. The second-order valence-corrected chi connectivity index (χ2v) is 7.13. The van der Waals surface area contributed by atoms with Gasteiger partial charge in [0.2, 0.25) is 0 Å². The SMILES string of the molecule is CCCCP(CCCC)c1c(OC)cccc1OC. The Bertz CT molecular complexity index is 336. The van der Waals surface area contributed by atoms with E-state index in [0.717, 1.165) is 11.5 Å². The molecule has 0 aromatic heterocycles. The van der Waals surface area contributed by atoms with Crippen LogP contribution in [0.15, 0.2) is 18.2 Å². The number of hydrogen-bond acceptors (Lipinski definition) is 2. The van der Waals surface area contributed by atoms with Gasteiger partial charge in [-0.15, -0.1) is 0 Å². The summed E-state index contributed by atoms with van der Waals surface area (Å²) in [6, 6.07) is 6.13. The Morgan fingerprint density at radius 2 is 1.37 bits per heavy atom. The molecule has 0 fully saturated rings. The van der Waals surface area contributed by atoms with Crippen LogP contribution in [0.3, 0.4) is 0 Å². The summed E-state index contributed by atoms with van der Waals surface area (Å²) in [5.74, 6) is 2.00. The van der Waals surface area contributed by atoms with Crippen molar-refractivity contribution < 1.29 is 9.47 Å². The molecule has 1 aromatic carbocycles. The van der Waals surface area contributed by atoms with Crippen molar-refractivity contribution in [3.63, 3.8) is 0 Å². The molecule has 0 N–H and O–H groups in total. The molecule has 0 saturated heterocycles. The molecule has 0 amide bonds. The van der Waals surface area contributed by atoms with Gasteiger partial charge in [-0.25, -0.2) is 0 Å². The van der Waals surface area contributed by atoms with Crippen molar-refractivity contribution in [2.45, 2.75) is 39.5 Å². The molecule has 1 aromatic rings. The molecule has 19 heavy (non-hydrogen) atoms. The maximum absolute atomic E-state index is 5.56. The third kappa shape index (κ3) is 4.69. The Kier molecular flexibility index (Phi) is 7.90. The predicted octanol–water partition coefficient (Wildman–Crippen LogP) is 4.41. The van der Waals surface area contributed by atoms with Gasteiger partial charge in [-0.3, -0.25) is 0 Å². The molecule has 0 atom stereocenters. The van der Waals surface area contributed by atoms with Crippen LogP contribution in [-0.4, -0.2) is 26.5 Å². The minimum Gasteiger partial charge on any atom is -0.496 e. The Labute approximate surface area is 119 Å². The van der Waals surface area contributed by atoms with Gasteiger partial charge in [0.1, 0.15) is 11.5 Å². The molecule has 0 spiro atoms. The van der Waals surface area contributed by atoms with E-state index in [4.69, 9.17) is 9.47 Å². The van der Waals surface area contributed by atoms with Crippen LogP contribution >= 0.6 is 7.92 Å². The van der Waals surface area contributed by atoms with Gasteiger partial charge in [0.25, 0.3) is 0 Å². The maximum Gasteiger partial charge on any atom is 0.130 e. The molecule has 0 heterocycles. The van der Waals surface area contributed by atoms with Crippen molar-refractivity contribution >= 4 is 13.2 Å². The lowest BCUT2D eigenvalue weighted by Crippen LogP contribution is -2.13. The molecular weight excluding hydrogens is 255 g/mol. The first-order chi connectivity index (χ1) is 9.28. The van der Waals surface area contributed by atoms with E-state index in [-0.39, 0.29) is 7.92 Å². The maximum atomic E-state index is 5.56. The van der Waals surface area contributed by atoms with E-state index in [9.17, 15) is 0 Å². The van der Waals surface area contributed by atoms with Crippen molar-refractivity contribution in [1.82, 2.24) is 0 Å². The van der Waals surface area contributed by atoms with Gasteiger partial charge in [0.15, 0.2) is 0 Å². The zero-order valence-electron chi connectivity index (χ0n) is 12.7. The average molecular weight is 282 g/mol. The molecule has 1 rings (SSSR count). The second kappa shape index (κ2) is 9.20. The molecular formula is C16H27O2P. The molecule has 0 bridgehead atoms. The lowest BCUT2D eigenvalue weighted by molar-refractivity contribution is 0.400. The van der Waals surface area contributed by atoms with Crippen LogP contribution in [0.1, 0.15) is 39.5 Å². The van der Waals surface area contributed by atoms with Crippen LogP contribution in [-0.2, 0) is 0 Å². The summed E-state index contributed by atoms with van der Waals surface area (Å²) in [6.45, 7) is 4.51. The summed E-state index contributed by atoms with van der Waals surface area (Å²) in [4.78, 5) is 0. The molecule has 0 saturated carbocycles. The molecule has 0 aliphatic heterocycles. The zero-order chi connectivity index (χ0) is 14.1. The number of methoxy groups -OCH3 is 2.